The predicted octanol–water partition coefficient (Wildman–Crippen LogP) is 4.36. The van der Waals surface area contributed by atoms with Crippen LogP contribution in [0.25, 0.3) is 42.4 Å². The van der Waals surface area contributed by atoms with Gasteiger partial charge in [0.25, 0.3) is 0 Å². The summed E-state index contributed by atoms with van der Waals surface area (Å²) in [4.78, 5) is 25.1. The molecule has 8 nitrogen and oxygen atoms in total. The summed E-state index contributed by atoms with van der Waals surface area (Å²) in [5.74, 6) is 0. The first-order chi connectivity index (χ1) is 15.7. The molecule has 2 aliphatic rings. The number of aromatic amines is 2. The molecule has 32 heavy (non-hydrogen) atoms. The van der Waals surface area contributed by atoms with Gasteiger partial charge >= 0.3 is 0 Å². The van der Waals surface area contributed by atoms with Gasteiger partial charge in [-0.15, -0.1) is 0 Å². The molecule has 2 aliphatic heterocycles. The molecule has 1 spiro atoms. The molecule has 0 amide bonds. The van der Waals surface area contributed by atoms with Gasteiger partial charge in [0, 0.05) is 48.2 Å². The van der Waals surface area contributed by atoms with Crippen LogP contribution in [0.4, 0.5) is 5.13 Å². The van der Waals surface area contributed by atoms with E-state index in [2.05, 4.69) is 38.1 Å². The molecule has 0 saturated carbocycles. The zero-order chi connectivity index (χ0) is 21.3. The van der Waals surface area contributed by atoms with Gasteiger partial charge in [-0.2, -0.15) is 5.10 Å². The average molecular weight is 463 g/mol. The van der Waals surface area contributed by atoms with Gasteiger partial charge in [-0.1, -0.05) is 22.7 Å². The van der Waals surface area contributed by atoms with Crippen LogP contribution >= 0.6 is 22.7 Å². The summed E-state index contributed by atoms with van der Waals surface area (Å²) < 4.78 is 0. The Balaban J connectivity index is 1.25. The number of rotatable bonds is 3. The first-order valence-corrected chi connectivity index (χ1v) is 12.5. The molecule has 5 aromatic rings. The first-order valence-electron chi connectivity index (χ1n) is 10.9. The molecule has 2 N–H and O–H groups in total. The van der Waals surface area contributed by atoms with Gasteiger partial charge in [0.1, 0.15) is 10.7 Å². The fourth-order valence-corrected chi connectivity index (χ4v) is 7.47. The number of H-pyrrole nitrogens is 2. The Hall–Kier alpha value is -2.82. The van der Waals surface area contributed by atoms with Crippen LogP contribution in [0.5, 0.6) is 0 Å². The van der Waals surface area contributed by atoms with Crippen molar-refractivity contribution in [2.24, 2.45) is 0 Å². The van der Waals surface area contributed by atoms with Crippen molar-refractivity contribution in [3.63, 3.8) is 0 Å². The molecule has 7 rings (SSSR count). The van der Waals surface area contributed by atoms with Crippen LogP contribution in [0, 0.1) is 0 Å². The van der Waals surface area contributed by atoms with Gasteiger partial charge in [0.15, 0.2) is 14.8 Å². The maximum absolute atomic E-state index is 5.01. The molecule has 0 aliphatic carbocycles. The van der Waals surface area contributed by atoms with Crippen molar-refractivity contribution in [1.82, 2.24) is 35.0 Å². The van der Waals surface area contributed by atoms with Crippen LogP contribution in [0.3, 0.4) is 0 Å². The fraction of sp³-hybridized carbons (Fsp3) is 0.364. The van der Waals surface area contributed by atoms with Crippen molar-refractivity contribution in [2.75, 3.05) is 31.6 Å². The zero-order valence-corrected chi connectivity index (χ0v) is 19.3. The minimum Gasteiger partial charge on any atom is -0.359 e. The lowest BCUT2D eigenvalue weighted by Crippen LogP contribution is -2.66. The number of piperidine rings is 1. The lowest BCUT2D eigenvalue weighted by molar-refractivity contribution is 0.123. The minimum atomic E-state index is 0.274. The number of nitrogens with one attached hydrogen (secondary N) is 2. The first kappa shape index (κ1) is 18.7. The number of anilines is 1. The third kappa shape index (κ3) is 2.69. The number of hydrogen-bond donors (Lipinski definition) is 2. The Morgan fingerprint density at radius 2 is 2.03 bits per heavy atom. The molecular weight excluding hydrogens is 440 g/mol. The Labute approximate surface area is 192 Å². The van der Waals surface area contributed by atoms with Crippen molar-refractivity contribution in [1.29, 1.82) is 0 Å². The van der Waals surface area contributed by atoms with E-state index in [-0.39, 0.29) is 5.54 Å². The van der Waals surface area contributed by atoms with E-state index in [0.717, 1.165) is 60.6 Å². The molecule has 0 bridgehead atoms. The van der Waals surface area contributed by atoms with E-state index in [1.807, 2.05) is 24.8 Å². The van der Waals surface area contributed by atoms with Crippen molar-refractivity contribution >= 4 is 48.4 Å². The number of hydrogen-bond acceptors (Lipinski definition) is 8. The number of fused-ring (bicyclic) bond motifs is 2. The van der Waals surface area contributed by atoms with E-state index in [9.17, 15) is 0 Å². The SMILES string of the molecule is CN1CCCC2(CCN2c2nc3sc(-c4ncc(-c5cn[nH]c5)c5cc[nH]c45)nc3s2)C1. The lowest BCUT2D eigenvalue weighted by Gasteiger charge is -2.56. The van der Waals surface area contributed by atoms with Gasteiger partial charge in [0.05, 0.1) is 17.3 Å². The summed E-state index contributed by atoms with van der Waals surface area (Å²) in [6.07, 6.45) is 11.4. The largest absolute Gasteiger partial charge is 0.359 e. The van der Waals surface area contributed by atoms with Crippen molar-refractivity contribution < 1.29 is 0 Å². The Bertz CT molecular complexity index is 1400. The molecule has 162 valence electrons. The summed E-state index contributed by atoms with van der Waals surface area (Å²) in [5, 5.41) is 10.1. The highest BCUT2D eigenvalue weighted by atomic mass is 32.1. The monoisotopic (exact) mass is 462 g/mol. The highest BCUT2D eigenvalue weighted by molar-refractivity contribution is 7.29. The Kier molecular flexibility index (Phi) is 4.00. The zero-order valence-electron chi connectivity index (χ0n) is 17.6. The van der Waals surface area contributed by atoms with Crippen molar-refractivity contribution in [3.05, 3.63) is 30.9 Å². The molecule has 0 radical (unpaired) electrons. The summed E-state index contributed by atoms with van der Waals surface area (Å²) in [6.45, 7) is 3.44. The molecule has 0 aromatic carbocycles. The average Bonchev–Trinajstić information content (AvgIpc) is 3.55. The Morgan fingerprint density at radius 3 is 2.81 bits per heavy atom. The molecular formula is C22H22N8S2. The van der Waals surface area contributed by atoms with E-state index in [1.54, 1.807) is 22.7 Å². The van der Waals surface area contributed by atoms with Gasteiger partial charge in [-0.25, -0.2) is 9.97 Å². The molecule has 10 heteroatoms. The normalized spacial score (nSPS) is 21.7. The number of likely N-dealkylation sites (N-methyl/N-ethyl adjacent to an activating group) is 1. The van der Waals surface area contributed by atoms with E-state index in [4.69, 9.17) is 15.0 Å². The highest BCUT2D eigenvalue weighted by Gasteiger charge is 2.47. The van der Waals surface area contributed by atoms with Crippen LogP contribution in [0.1, 0.15) is 19.3 Å². The van der Waals surface area contributed by atoms with Gasteiger partial charge in [0.2, 0.25) is 0 Å². The van der Waals surface area contributed by atoms with Crippen LogP contribution < -0.4 is 4.90 Å². The second-order valence-electron chi connectivity index (χ2n) is 8.87. The lowest BCUT2D eigenvalue weighted by atomic mass is 9.78. The third-order valence-electron chi connectivity index (χ3n) is 6.92. The van der Waals surface area contributed by atoms with Crippen LogP contribution in [-0.2, 0) is 0 Å². The molecule has 5 aromatic heterocycles. The van der Waals surface area contributed by atoms with Crippen LogP contribution in [0.15, 0.2) is 30.9 Å². The summed E-state index contributed by atoms with van der Waals surface area (Å²) in [7, 11) is 2.23. The second kappa shape index (κ2) is 6.84. The minimum absolute atomic E-state index is 0.274. The number of likely N-dealkylation sites (tertiary alicyclic amines) is 1. The second-order valence-corrected chi connectivity index (χ2v) is 10.8. The molecule has 2 fully saturated rings. The smallest absolute Gasteiger partial charge is 0.189 e. The third-order valence-corrected chi connectivity index (χ3v) is 8.98. The van der Waals surface area contributed by atoms with E-state index < -0.39 is 0 Å². The summed E-state index contributed by atoms with van der Waals surface area (Å²) >= 11 is 3.35. The molecule has 7 heterocycles. The van der Waals surface area contributed by atoms with E-state index in [1.165, 1.54) is 25.8 Å². The maximum atomic E-state index is 5.01. The maximum Gasteiger partial charge on any atom is 0.189 e. The number of aromatic nitrogens is 6. The quantitative estimate of drug-likeness (QED) is 0.414. The molecule has 1 atom stereocenters. The van der Waals surface area contributed by atoms with Crippen LogP contribution in [-0.4, -0.2) is 67.3 Å². The van der Waals surface area contributed by atoms with Gasteiger partial charge < -0.3 is 14.8 Å². The predicted molar refractivity (Wildman–Crippen MR) is 129 cm³/mol. The van der Waals surface area contributed by atoms with Crippen molar-refractivity contribution in [2.45, 2.75) is 24.8 Å². The van der Waals surface area contributed by atoms with Gasteiger partial charge in [-0.05, 0) is 38.9 Å². The topological polar surface area (TPSA) is 89.6 Å². The summed E-state index contributed by atoms with van der Waals surface area (Å²) in [5.41, 5.74) is 4.23. The molecule has 1 unspecified atom stereocenters. The van der Waals surface area contributed by atoms with E-state index in [0.29, 0.717) is 0 Å². The van der Waals surface area contributed by atoms with Crippen molar-refractivity contribution in [3.8, 4) is 21.8 Å². The van der Waals surface area contributed by atoms with Crippen LogP contribution in [0.2, 0.25) is 0 Å². The van der Waals surface area contributed by atoms with E-state index >= 15 is 0 Å². The summed E-state index contributed by atoms with van der Waals surface area (Å²) in [6, 6.07) is 2.08. The number of thiazole rings is 2. The molecule has 2 saturated heterocycles. The van der Waals surface area contributed by atoms with Gasteiger partial charge in [-0.3, -0.25) is 10.1 Å². The number of pyridine rings is 1. The highest BCUT2D eigenvalue weighted by Crippen LogP contribution is 2.45. The fourth-order valence-electron chi connectivity index (χ4n) is 5.29. The standard InChI is InChI=1S/C22H22N8S2/c1-29-7-2-4-22(12-29)5-8-30(22)21-28-20-19(32-21)27-18(31-20)17-16-14(3-6-23-16)15(11-24-17)13-9-25-26-10-13/h3,6,9-11,23H,2,4-5,7-8,12H2,1H3,(H,25,26). The number of nitrogens with zero attached hydrogens (tertiary/aromatic N) is 6. The Morgan fingerprint density at radius 1 is 1.09 bits per heavy atom.